The summed E-state index contributed by atoms with van der Waals surface area (Å²) in [4.78, 5) is 8.52. The number of hydrogen-bond donors (Lipinski definition) is 2. The van der Waals surface area contributed by atoms with Crippen LogP contribution in [0.25, 0.3) is 0 Å². The molecule has 0 saturated heterocycles. The van der Waals surface area contributed by atoms with Crippen molar-refractivity contribution in [2.75, 3.05) is 20.7 Å². The average Bonchev–Trinajstić information content (AvgIpc) is 2.82. The van der Waals surface area contributed by atoms with Gasteiger partial charge in [0.05, 0.1) is 13.7 Å². The molecular formula is C24H28FIN4O3. The number of nitrogens with one attached hydrogen (secondary N) is 2. The van der Waals surface area contributed by atoms with Crippen molar-refractivity contribution in [3.8, 4) is 23.1 Å². The standard InChI is InChI=1S/C24H27FN4O3.HI/c1-17(31-22-7-5-4-6-21(22)30-3)14-28-24(26-2)29-16-18-8-13-23(27-15-18)32-20-11-9-19(25)10-12-20;/h4-13,15,17H,14,16H2,1-3H3,(H2,26,28,29);1H. The van der Waals surface area contributed by atoms with Crippen LogP contribution in [0.15, 0.2) is 71.9 Å². The number of methoxy groups -OCH3 is 1. The van der Waals surface area contributed by atoms with Gasteiger partial charge in [-0.2, -0.15) is 0 Å². The topological polar surface area (TPSA) is 77.0 Å². The number of benzene rings is 2. The van der Waals surface area contributed by atoms with Crippen molar-refractivity contribution in [2.45, 2.75) is 19.6 Å². The highest BCUT2D eigenvalue weighted by Gasteiger charge is 2.09. The van der Waals surface area contributed by atoms with Gasteiger partial charge in [0, 0.05) is 25.9 Å². The van der Waals surface area contributed by atoms with Crippen molar-refractivity contribution in [1.29, 1.82) is 0 Å². The molecule has 1 aromatic heterocycles. The molecule has 0 aliphatic heterocycles. The van der Waals surface area contributed by atoms with E-state index in [-0.39, 0.29) is 35.9 Å². The number of pyridine rings is 1. The number of nitrogens with zero attached hydrogens (tertiary/aromatic N) is 2. The van der Waals surface area contributed by atoms with Gasteiger partial charge in [-0.3, -0.25) is 4.99 Å². The molecule has 0 amide bonds. The van der Waals surface area contributed by atoms with Crippen molar-refractivity contribution in [1.82, 2.24) is 15.6 Å². The Kier molecular flexibility index (Phi) is 10.7. The predicted octanol–water partition coefficient (Wildman–Crippen LogP) is 4.77. The Morgan fingerprint density at radius 1 is 1.03 bits per heavy atom. The summed E-state index contributed by atoms with van der Waals surface area (Å²) < 4.78 is 29.9. The fourth-order valence-electron chi connectivity index (χ4n) is 2.82. The molecule has 0 bridgehead atoms. The molecule has 3 rings (SSSR count). The summed E-state index contributed by atoms with van der Waals surface area (Å²) in [6, 6.07) is 17.0. The number of halogens is 2. The van der Waals surface area contributed by atoms with Crippen LogP contribution in [0.2, 0.25) is 0 Å². The van der Waals surface area contributed by atoms with Crippen LogP contribution in [0, 0.1) is 5.82 Å². The Balaban J connectivity index is 0.00000385. The fraction of sp³-hybridized carbons (Fsp3) is 0.250. The van der Waals surface area contributed by atoms with Crippen molar-refractivity contribution >= 4 is 29.9 Å². The summed E-state index contributed by atoms with van der Waals surface area (Å²) >= 11 is 0. The SMILES string of the molecule is CN=C(NCc1ccc(Oc2ccc(F)cc2)nc1)NCC(C)Oc1ccccc1OC.I. The lowest BCUT2D eigenvalue weighted by Crippen LogP contribution is -2.41. The molecule has 9 heteroatoms. The lowest BCUT2D eigenvalue weighted by Gasteiger charge is -2.19. The third kappa shape index (κ3) is 8.41. The first-order valence-corrected chi connectivity index (χ1v) is 10.2. The number of aromatic nitrogens is 1. The van der Waals surface area contributed by atoms with Gasteiger partial charge in [-0.25, -0.2) is 9.37 Å². The van der Waals surface area contributed by atoms with E-state index >= 15 is 0 Å². The van der Waals surface area contributed by atoms with E-state index in [1.54, 1.807) is 38.6 Å². The first-order valence-electron chi connectivity index (χ1n) is 10.2. The van der Waals surface area contributed by atoms with E-state index in [0.29, 0.717) is 42.2 Å². The van der Waals surface area contributed by atoms with Gasteiger partial charge in [-0.05, 0) is 48.9 Å². The Hall–Kier alpha value is -3.08. The molecule has 1 heterocycles. The first-order chi connectivity index (χ1) is 15.6. The van der Waals surface area contributed by atoms with E-state index in [1.165, 1.54) is 12.1 Å². The summed E-state index contributed by atoms with van der Waals surface area (Å²) in [5, 5.41) is 6.48. The molecule has 0 radical (unpaired) electrons. The van der Waals surface area contributed by atoms with Gasteiger partial charge in [0.1, 0.15) is 17.7 Å². The van der Waals surface area contributed by atoms with Gasteiger partial charge < -0.3 is 24.8 Å². The van der Waals surface area contributed by atoms with E-state index in [9.17, 15) is 4.39 Å². The maximum absolute atomic E-state index is 13.0. The molecule has 33 heavy (non-hydrogen) atoms. The molecule has 2 N–H and O–H groups in total. The average molecular weight is 566 g/mol. The maximum Gasteiger partial charge on any atom is 0.219 e. The van der Waals surface area contributed by atoms with Gasteiger partial charge in [-0.1, -0.05) is 18.2 Å². The summed E-state index contributed by atoms with van der Waals surface area (Å²) in [7, 11) is 3.33. The minimum Gasteiger partial charge on any atom is -0.493 e. The molecule has 0 saturated carbocycles. The number of aliphatic imine (C=N–C) groups is 1. The van der Waals surface area contributed by atoms with Crippen LogP contribution in [0.1, 0.15) is 12.5 Å². The highest BCUT2D eigenvalue weighted by molar-refractivity contribution is 14.0. The van der Waals surface area contributed by atoms with Crippen LogP contribution in [0.5, 0.6) is 23.1 Å². The molecule has 0 aliphatic carbocycles. The van der Waals surface area contributed by atoms with Gasteiger partial charge in [-0.15, -0.1) is 24.0 Å². The summed E-state index contributed by atoms with van der Waals surface area (Å²) in [6.07, 6.45) is 1.61. The molecule has 7 nitrogen and oxygen atoms in total. The minimum absolute atomic E-state index is 0. The van der Waals surface area contributed by atoms with Crippen molar-refractivity contribution in [3.05, 3.63) is 78.2 Å². The minimum atomic E-state index is -0.311. The van der Waals surface area contributed by atoms with Gasteiger partial charge in [0.25, 0.3) is 0 Å². The van der Waals surface area contributed by atoms with Crippen molar-refractivity contribution in [2.24, 2.45) is 4.99 Å². The van der Waals surface area contributed by atoms with Gasteiger partial charge >= 0.3 is 0 Å². The lowest BCUT2D eigenvalue weighted by atomic mass is 10.3. The number of ether oxygens (including phenoxy) is 3. The zero-order valence-electron chi connectivity index (χ0n) is 18.7. The molecule has 2 aromatic carbocycles. The highest BCUT2D eigenvalue weighted by Crippen LogP contribution is 2.26. The number of guanidine groups is 1. The van der Waals surface area contributed by atoms with Crippen LogP contribution >= 0.6 is 24.0 Å². The second-order valence-electron chi connectivity index (χ2n) is 6.95. The number of rotatable bonds is 9. The largest absolute Gasteiger partial charge is 0.493 e. The Bertz CT molecular complexity index is 1020. The molecule has 0 fully saturated rings. The Morgan fingerprint density at radius 2 is 1.76 bits per heavy atom. The lowest BCUT2D eigenvalue weighted by molar-refractivity contribution is 0.213. The third-order valence-electron chi connectivity index (χ3n) is 4.47. The smallest absolute Gasteiger partial charge is 0.219 e. The summed E-state index contributed by atoms with van der Waals surface area (Å²) in [5.74, 6) is 2.69. The van der Waals surface area contributed by atoms with Crippen molar-refractivity contribution in [3.63, 3.8) is 0 Å². The van der Waals surface area contributed by atoms with Gasteiger partial charge in [0.15, 0.2) is 17.5 Å². The summed E-state index contributed by atoms with van der Waals surface area (Å²) in [6.45, 7) is 3.06. The molecular weight excluding hydrogens is 538 g/mol. The molecule has 0 spiro atoms. The molecule has 0 aliphatic rings. The predicted molar refractivity (Wildman–Crippen MR) is 137 cm³/mol. The zero-order chi connectivity index (χ0) is 22.8. The van der Waals surface area contributed by atoms with E-state index in [0.717, 1.165) is 5.56 Å². The maximum atomic E-state index is 13.0. The van der Waals surface area contributed by atoms with Crippen LogP contribution < -0.4 is 24.8 Å². The fourth-order valence-corrected chi connectivity index (χ4v) is 2.82. The monoisotopic (exact) mass is 566 g/mol. The van der Waals surface area contributed by atoms with E-state index in [1.807, 2.05) is 37.3 Å². The van der Waals surface area contributed by atoms with Crippen LogP contribution in [-0.4, -0.2) is 37.7 Å². The Labute approximate surface area is 210 Å². The number of para-hydroxylation sites is 2. The molecule has 3 aromatic rings. The van der Waals surface area contributed by atoms with Gasteiger partial charge in [0.2, 0.25) is 5.88 Å². The molecule has 176 valence electrons. The van der Waals surface area contributed by atoms with Crippen LogP contribution in [0.3, 0.4) is 0 Å². The third-order valence-corrected chi connectivity index (χ3v) is 4.47. The van der Waals surface area contributed by atoms with E-state index in [2.05, 4.69) is 20.6 Å². The number of hydrogen-bond acceptors (Lipinski definition) is 5. The first kappa shape index (κ1) is 26.2. The van der Waals surface area contributed by atoms with Crippen LogP contribution in [-0.2, 0) is 6.54 Å². The van der Waals surface area contributed by atoms with Crippen molar-refractivity contribution < 1.29 is 18.6 Å². The second-order valence-corrected chi connectivity index (χ2v) is 6.95. The van der Waals surface area contributed by atoms with Crippen LogP contribution in [0.4, 0.5) is 4.39 Å². The second kappa shape index (κ2) is 13.5. The highest BCUT2D eigenvalue weighted by atomic mass is 127. The summed E-state index contributed by atoms with van der Waals surface area (Å²) in [5.41, 5.74) is 0.956. The normalized spacial score (nSPS) is 11.7. The quantitative estimate of drug-likeness (QED) is 0.221. The van der Waals surface area contributed by atoms with E-state index < -0.39 is 0 Å². The molecule has 1 atom stereocenters. The Morgan fingerprint density at radius 3 is 2.39 bits per heavy atom. The van der Waals surface area contributed by atoms with E-state index in [4.69, 9.17) is 14.2 Å². The molecule has 1 unspecified atom stereocenters. The zero-order valence-corrected chi connectivity index (χ0v) is 21.1.